The molecule has 1 fully saturated rings. The van der Waals surface area contributed by atoms with E-state index in [1.807, 2.05) is 48.7 Å². The van der Waals surface area contributed by atoms with Gasteiger partial charge in [-0.25, -0.2) is 0 Å². The second-order valence-corrected chi connectivity index (χ2v) is 9.05. The van der Waals surface area contributed by atoms with Gasteiger partial charge in [0.15, 0.2) is 0 Å². The molecule has 1 N–H and O–H groups in total. The van der Waals surface area contributed by atoms with Crippen LogP contribution in [0.3, 0.4) is 0 Å². The van der Waals surface area contributed by atoms with Crippen molar-refractivity contribution in [1.82, 2.24) is 9.47 Å². The van der Waals surface area contributed by atoms with E-state index in [0.717, 1.165) is 61.4 Å². The topological polar surface area (TPSA) is 40.5 Å². The number of benzene rings is 3. The standard InChI is InChI=1S/C29H32N4O/c1-3-31-15-17-32(18-16-31)24-13-14-27(22(2)19-24)30-29(34)26-21-33(20-23-9-5-4-6-10-23)28-12-8-7-11-25(26)28/h4-14,19,21H,3,15-18,20H2,1-2H3,(H,30,34). The summed E-state index contributed by atoms with van der Waals surface area (Å²) in [6.07, 6.45) is 1.98. The number of hydrogen-bond acceptors (Lipinski definition) is 3. The van der Waals surface area contributed by atoms with Gasteiger partial charge < -0.3 is 19.7 Å². The summed E-state index contributed by atoms with van der Waals surface area (Å²) in [4.78, 5) is 18.3. The predicted octanol–water partition coefficient (Wildman–Crippen LogP) is 5.39. The predicted molar refractivity (Wildman–Crippen MR) is 141 cm³/mol. The van der Waals surface area contributed by atoms with Crippen LogP contribution in [0.15, 0.2) is 79.0 Å². The van der Waals surface area contributed by atoms with E-state index >= 15 is 0 Å². The van der Waals surface area contributed by atoms with Crippen molar-refractivity contribution in [2.24, 2.45) is 0 Å². The van der Waals surface area contributed by atoms with Crippen LogP contribution in [0, 0.1) is 6.92 Å². The Balaban J connectivity index is 1.36. The highest BCUT2D eigenvalue weighted by Crippen LogP contribution is 2.27. The monoisotopic (exact) mass is 452 g/mol. The molecule has 0 radical (unpaired) electrons. The summed E-state index contributed by atoms with van der Waals surface area (Å²) in [6.45, 7) is 10.4. The van der Waals surface area contributed by atoms with E-state index in [9.17, 15) is 4.79 Å². The molecule has 1 aliphatic rings. The fourth-order valence-corrected chi connectivity index (χ4v) is 4.84. The van der Waals surface area contributed by atoms with Crippen molar-refractivity contribution in [2.75, 3.05) is 42.9 Å². The van der Waals surface area contributed by atoms with Gasteiger partial charge in [0.2, 0.25) is 0 Å². The molecule has 5 rings (SSSR count). The van der Waals surface area contributed by atoms with Crippen molar-refractivity contribution in [2.45, 2.75) is 20.4 Å². The third kappa shape index (κ3) is 4.57. The third-order valence-corrected chi connectivity index (χ3v) is 6.87. The van der Waals surface area contributed by atoms with Gasteiger partial charge in [0, 0.05) is 61.2 Å². The molecule has 1 saturated heterocycles. The van der Waals surface area contributed by atoms with Crippen LogP contribution in [0.4, 0.5) is 11.4 Å². The van der Waals surface area contributed by atoms with Crippen LogP contribution in [0.1, 0.15) is 28.4 Å². The number of anilines is 2. The Hall–Kier alpha value is -3.57. The molecule has 0 atom stereocenters. The zero-order valence-corrected chi connectivity index (χ0v) is 20.0. The van der Waals surface area contributed by atoms with E-state index < -0.39 is 0 Å². The highest BCUT2D eigenvalue weighted by atomic mass is 16.1. The first-order chi connectivity index (χ1) is 16.6. The number of aryl methyl sites for hydroxylation is 1. The van der Waals surface area contributed by atoms with Gasteiger partial charge >= 0.3 is 0 Å². The molecule has 4 aromatic rings. The summed E-state index contributed by atoms with van der Waals surface area (Å²) < 4.78 is 2.16. The van der Waals surface area contributed by atoms with Crippen molar-refractivity contribution < 1.29 is 4.79 Å². The maximum absolute atomic E-state index is 13.4. The molecule has 5 nitrogen and oxygen atoms in total. The minimum Gasteiger partial charge on any atom is -0.369 e. The number of carbonyl (C=O) groups excluding carboxylic acids is 1. The Kier molecular flexibility index (Phi) is 6.37. The number of hydrogen-bond donors (Lipinski definition) is 1. The van der Waals surface area contributed by atoms with Gasteiger partial charge in [-0.15, -0.1) is 0 Å². The normalized spacial score (nSPS) is 14.5. The van der Waals surface area contributed by atoms with Crippen molar-refractivity contribution >= 4 is 28.2 Å². The first-order valence-electron chi connectivity index (χ1n) is 12.1. The number of likely N-dealkylation sites (N-methyl/N-ethyl adjacent to an activating group) is 1. The summed E-state index contributed by atoms with van der Waals surface area (Å²) >= 11 is 0. The fraction of sp³-hybridized carbons (Fsp3) is 0.276. The average molecular weight is 453 g/mol. The van der Waals surface area contributed by atoms with Gasteiger partial charge in [0.1, 0.15) is 0 Å². The smallest absolute Gasteiger partial charge is 0.257 e. The van der Waals surface area contributed by atoms with Gasteiger partial charge in [-0.2, -0.15) is 0 Å². The molecule has 5 heteroatoms. The van der Waals surface area contributed by atoms with E-state index in [-0.39, 0.29) is 5.91 Å². The number of rotatable bonds is 6. The number of nitrogens with one attached hydrogen (secondary N) is 1. The van der Waals surface area contributed by atoms with Crippen LogP contribution in [0.25, 0.3) is 10.9 Å². The first kappa shape index (κ1) is 22.2. The average Bonchev–Trinajstić information content (AvgIpc) is 3.24. The van der Waals surface area contributed by atoms with Crippen LogP contribution >= 0.6 is 0 Å². The van der Waals surface area contributed by atoms with E-state index in [0.29, 0.717) is 5.56 Å². The molecule has 0 unspecified atom stereocenters. The number of nitrogens with zero attached hydrogens (tertiary/aromatic N) is 3. The SMILES string of the molecule is CCN1CCN(c2ccc(NC(=O)c3cn(Cc4ccccc4)c4ccccc34)c(C)c2)CC1. The van der Waals surface area contributed by atoms with Gasteiger partial charge in [0.25, 0.3) is 5.91 Å². The number of piperazine rings is 1. The second kappa shape index (κ2) is 9.74. The lowest BCUT2D eigenvalue weighted by Crippen LogP contribution is -2.46. The van der Waals surface area contributed by atoms with E-state index in [1.165, 1.54) is 11.3 Å². The lowest BCUT2D eigenvalue weighted by molar-refractivity contribution is 0.102. The molecule has 174 valence electrons. The molecular weight excluding hydrogens is 420 g/mol. The Morgan fingerprint density at radius 2 is 1.65 bits per heavy atom. The summed E-state index contributed by atoms with van der Waals surface area (Å²) in [5.74, 6) is -0.0737. The number of aromatic nitrogens is 1. The quantitative estimate of drug-likeness (QED) is 0.426. The zero-order valence-electron chi connectivity index (χ0n) is 20.0. The Bertz CT molecular complexity index is 1290. The zero-order chi connectivity index (χ0) is 23.5. The molecule has 0 spiro atoms. The van der Waals surface area contributed by atoms with E-state index in [2.05, 4.69) is 63.9 Å². The van der Waals surface area contributed by atoms with Crippen LogP contribution < -0.4 is 10.2 Å². The number of para-hydroxylation sites is 1. The lowest BCUT2D eigenvalue weighted by atomic mass is 10.1. The fourth-order valence-electron chi connectivity index (χ4n) is 4.84. The van der Waals surface area contributed by atoms with Gasteiger partial charge in [-0.05, 0) is 48.9 Å². The molecule has 0 saturated carbocycles. The maximum atomic E-state index is 13.4. The molecule has 34 heavy (non-hydrogen) atoms. The summed E-state index contributed by atoms with van der Waals surface area (Å²) in [7, 11) is 0. The largest absolute Gasteiger partial charge is 0.369 e. The minimum absolute atomic E-state index is 0.0737. The molecule has 3 aromatic carbocycles. The van der Waals surface area contributed by atoms with Crippen LogP contribution in [0.5, 0.6) is 0 Å². The molecule has 0 bridgehead atoms. The molecule has 1 aromatic heterocycles. The van der Waals surface area contributed by atoms with Gasteiger partial charge in [-0.3, -0.25) is 4.79 Å². The molecule has 2 heterocycles. The van der Waals surface area contributed by atoms with Crippen LogP contribution in [0.2, 0.25) is 0 Å². The highest BCUT2D eigenvalue weighted by Gasteiger charge is 2.18. The van der Waals surface area contributed by atoms with Crippen molar-refractivity contribution in [3.63, 3.8) is 0 Å². The van der Waals surface area contributed by atoms with Crippen molar-refractivity contribution in [3.8, 4) is 0 Å². The number of fused-ring (bicyclic) bond motifs is 1. The summed E-state index contributed by atoms with van der Waals surface area (Å²) in [5, 5.41) is 4.13. The number of amides is 1. The summed E-state index contributed by atoms with van der Waals surface area (Å²) in [5.41, 5.74) is 6.14. The second-order valence-electron chi connectivity index (χ2n) is 9.05. The van der Waals surface area contributed by atoms with Gasteiger partial charge in [0.05, 0.1) is 5.56 Å². The third-order valence-electron chi connectivity index (χ3n) is 6.87. The highest BCUT2D eigenvalue weighted by molar-refractivity contribution is 6.13. The van der Waals surface area contributed by atoms with Crippen molar-refractivity contribution in [3.05, 3.63) is 95.7 Å². The van der Waals surface area contributed by atoms with Gasteiger partial charge in [-0.1, -0.05) is 55.5 Å². The lowest BCUT2D eigenvalue weighted by Gasteiger charge is -2.35. The Morgan fingerprint density at radius 1 is 0.912 bits per heavy atom. The van der Waals surface area contributed by atoms with Crippen LogP contribution in [-0.2, 0) is 6.54 Å². The number of carbonyl (C=O) groups is 1. The minimum atomic E-state index is -0.0737. The molecule has 1 aliphatic heterocycles. The Labute approximate surface area is 201 Å². The van der Waals surface area contributed by atoms with Crippen LogP contribution in [-0.4, -0.2) is 48.1 Å². The molecule has 0 aliphatic carbocycles. The Morgan fingerprint density at radius 3 is 2.38 bits per heavy atom. The maximum Gasteiger partial charge on any atom is 0.257 e. The summed E-state index contributed by atoms with van der Waals surface area (Å²) in [6, 6.07) is 24.8. The first-order valence-corrected chi connectivity index (χ1v) is 12.1. The molecular formula is C29H32N4O. The van der Waals surface area contributed by atoms with Crippen molar-refractivity contribution in [1.29, 1.82) is 0 Å². The van der Waals surface area contributed by atoms with E-state index in [4.69, 9.17) is 0 Å². The molecule has 1 amide bonds. The van der Waals surface area contributed by atoms with E-state index in [1.54, 1.807) is 0 Å².